The summed E-state index contributed by atoms with van der Waals surface area (Å²) in [5.41, 5.74) is 1.34. The minimum Gasteiger partial charge on any atom is -0.385 e. The third-order valence-electron chi connectivity index (χ3n) is 5.02. The Morgan fingerprint density at radius 3 is 2.79 bits per heavy atom. The third kappa shape index (κ3) is 5.11. The number of hydrogen-bond donors (Lipinski definition) is 1. The number of thiocarbonyl (C=S) groups is 1. The van der Waals surface area contributed by atoms with Crippen LogP contribution in [0.1, 0.15) is 17.5 Å². The number of thioether (sulfide) groups is 1. The van der Waals surface area contributed by atoms with E-state index >= 15 is 0 Å². The molecule has 0 atom stereocenters. The minimum absolute atomic E-state index is 0.263. The highest BCUT2D eigenvalue weighted by Crippen LogP contribution is 2.34. The summed E-state index contributed by atoms with van der Waals surface area (Å²) in [5, 5.41) is 3.77. The molecule has 3 aromatic rings. The molecular formula is C23H21ClN4O3S2. The van der Waals surface area contributed by atoms with E-state index in [9.17, 15) is 9.59 Å². The number of aromatic nitrogens is 2. The first-order chi connectivity index (χ1) is 16.0. The molecule has 0 unspecified atom stereocenters. The van der Waals surface area contributed by atoms with Gasteiger partial charge >= 0.3 is 0 Å². The van der Waals surface area contributed by atoms with Gasteiger partial charge < -0.3 is 10.1 Å². The maximum absolute atomic E-state index is 13.3. The van der Waals surface area contributed by atoms with Crippen LogP contribution in [0.4, 0.5) is 5.82 Å². The van der Waals surface area contributed by atoms with E-state index in [0.29, 0.717) is 44.4 Å². The first kappa shape index (κ1) is 23.4. The molecule has 0 aliphatic carbocycles. The lowest BCUT2D eigenvalue weighted by atomic mass is 10.2. The van der Waals surface area contributed by atoms with Crippen LogP contribution < -0.4 is 10.9 Å². The second kappa shape index (κ2) is 10.5. The maximum atomic E-state index is 13.3. The van der Waals surface area contributed by atoms with Gasteiger partial charge in [0.15, 0.2) is 0 Å². The highest BCUT2D eigenvalue weighted by molar-refractivity contribution is 8.26. The van der Waals surface area contributed by atoms with E-state index in [0.717, 1.165) is 23.7 Å². The van der Waals surface area contributed by atoms with Gasteiger partial charge in [-0.25, -0.2) is 4.98 Å². The Hall–Kier alpha value is -2.72. The summed E-state index contributed by atoms with van der Waals surface area (Å²) >= 11 is 12.9. The molecule has 0 spiro atoms. The number of anilines is 1. The van der Waals surface area contributed by atoms with E-state index in [2.05, 4.69) is 10.3 Å². The van der Waals surface area contributed by atoms with E-state index in [1.165, 1.54) is 9.30 Å². The fourth-order valence-corrected chi connectivity index (χ4v) is 4.79. The SMILES string of the molecule is COCCCNc1nc2ccccn2c(=O)c1/C=C1/SC(=S)N(Cc2ccccc2Cl)C1=O. The normalized spacial score (nSPS) is 15.1. The van der Waals surface area contributed by atoms with Crippen molar-refractivity contribution < 1.29 is 9.53 Å². The van der Waals surface area contributed by atoms with E-state index in [1.54, 1.807) is 37.6 Å². The standard InChI is InChI=1S/C23H21ClN4O3S2/c1-31-12-6-10-25-20-16(21(29)27-11-5-4-9-19(27)26-20)13-18-22(30)28(23(32)33-18)14-15-7-2-3-8-17(15)24/h2-5,7-9,11,13,25H,6,10,12,14H2,1H3/b18-13+. The van der Waals surface area contributed by atoms with Crippen molar-refractivity contribution in [3.8, 4) is 0 Å². The largest absolute Gasteiger partial charge is 0.385 e. The Morgan fingerprint density at radius 1 is 1.21 bits per heavy atom. The fraction of sp³-hybridized carbons (Fsp3) is 0.217. The summed E-state index contributed by atoms with van der Waals surface area (Å²) in [4.78, 5) is 32.9. The number of hydrogen-bond acceptors (Lipinski definition) is 7. The van der Waals surface area contributed by atoms with Gasteiger partial charge in [0.1, 0.15) is 15.8 Å². The van der Waals surface area contributed by atoms with Gasteiger partial charge in [-0.2, -0.15) is 0 Å². The molecule has 33 heavy (non-hydrogen) atoms. The zero-order valence-electron chi connectivity index (χ0n) is 17.8. The molecule has 2 aromatic heterocycles. The number of methoxy groups -OCH3 is 1. The van der Waals surface area contributed by atoms with Gasteiger partial charge in [-0.1, -0.05) is 59.8 Å². The van der Waals surface area contributed by atoms with Crippen LogP contribution in [-0.4, -0.2) is 44.8 Å². The second-order valence-corrected chi connectivity index (χ2v) is 9.32. The topological polar surface area (TPSA) is 75.9 Å². The molecule has 0 bridgehead atoms. The minimum atomic E-state index is -0.272. The quantitative estimate of drug-likeness (QED) is 0.282. The van der Waals surface area contributed by atoms with Crippen LogP contribution in [0.3, 0.4) is 0 Å². The molecule has 7 nitrogen and oxygen atoms in total. The molecule has 3 heterocycles. The number of carbonyl (C=O) groups excluding carboxylic acids is 1. The molecule has 1 fully saturated rings. The molecule has 1 aliphatic heterocycles. The summed E-state index contributed by atoms with van der Waals surface area (Å²) in [7, 11) is 1.64. The van der Waals surface area contributed by atoms with Gasteiger partial charge in [-0.3, -0.25) is 18.9 Å². The number of ether oxygens (including phenoxy) is 1. The Labute approximate surface area is 205 Å². The van der Waals surface area contributed by atoms with Gasteiger partial charge in [0, 0.05) is 31.5 Å². The van der Waals surface area contributed by atoms with Gasteiger partial charge in [0.25, 0.3) is 11.5 Å². The third-order valence-corrected chi connectivity index (χ3v) is 6.77. The van der Waals surface area contributed by atoms with Crippen molar-refractivity contribution in [2.75, 3.05) is 25.6 Å². The number of carbonyl (C=O) groups is 1. The van der Waals surface area contributed by atoms with E-state index < -0.39 is 0 Å². The Bertz CT molecular complexity index is 1310. The predicted octanol–water partition coefficient (Wildman–Crippen LogP) is 4.20. The van der Waals surface area contributed by atoms with E-state index in [1.807, 2.05) is 24.3 Å². The molecule has 4 rings (SSSR count). The second-order valence-electron chi connectivity index (χ2n) is 7.24. The molecule has 1 N–H and O–H groups in total. The van der Waals surface area contributed by atoms with Crippen molar-refractivity contribution in [2.24, 2.45) is 0 Å². The Morgan fingerprint density at radius 2 is 2.00 bits per heavy atom. The van der Waals surface area contributed by atoms with Crippen LogP contribution in [0.15, 0.2) is 58.4 Å². The van der Waals surface area contributed by atoms with E-state index in [4.69, 9.17) is 28.6 Å². The molecule has 1 amide bonds. The number of halogens is 1. The zero-order valence-corrected chi connectivity index (χ0v) is 20.2. The number of fused-ring (bicyclic) bond motifs is 1. The monoisotopic (exact) mass is 500 g/mol. The summed E-state index contributed by atoms with van der Waals surface area (Å²) in [6.45, 7) is 1.41. The van der Waals surface area contributed by atoms with Gasteiger partial charge in [0.05, 0.1) is 17.0 Å². The van der Waals surface area contributed by atoms with Crippen LogP contribution >= 0.6 is 35.6 Å². The molecule has 10 heteroatoms. The van der Waals surface area contributed by atoms with Crippen molar-refractivity contribution in [3.05, 3.63) is 80.1 Å². The average molecular weight is 501 g/mol. The highest BCUT2D eigenvalue weighted by Gasteiger charge is 2.33. The van der Waals surface area contributed by atoms with E-state index in [-0.39, 0.29) is 18.0 Å². The van der Waals surface area contributed by atoms with Crippen LogP contribution in [0.2, 0.25) is 5.02 Å². The first-order valence-electron chi connectivity index (χ1n) is 10.2. The smallest absolute Gasteiger partial charge is 0.267 e. The fourth-order valence-electron chi connectivity index (χ4n) is 3.36. The molecule has 170 valence electrons. The van der Waals surface area contributed by atoms with Crippen molar-refractivity contribution >= 4 is 63.3 Å². The van der Waals surface area contributed by atoms with Crippen molar-refractivity contribution in [3.63, 3.8) is 0 Å². The number of amides is 1. The summed E-state index contributed by atoms with van der Waals surface area (Å²) in [6.07, 6.45) is 3.96. The Kier molecular flexibility index (Phi) is 7.44. The average Bonchev–Trinajstić information content (AvgIpc) is 3.08. The van der Waals surface area contributed by atoms with Crippen molar-refractivity contribution in [1.82, 2.24) is 14.3 Å². The number of rotatable bonds is 8. The number of pyridine rings is 1. The summed E-state index contributed by atoms with van der Waals surface area (Å²) in [5.74, 6) is 0.145. The van der Waals surface area contributed by atoms with Crippen LogP contribution in [0.25, 0.3) is 11.7 Å². The van der Waals surface area contributed by atoms with Crippen LogP contribution in [-0.2, 0) is 16.1 Å². The van der Waals surface area contributed by atoms with Crippen molar-refractivity contribution in [2.45, 2.75) is 13.0 Å². The Balaban J connectivity index is 1.69. The molecule has 1 saturated heterocycles. The highest BCUT2D eigenvalue weighted by atomic mass is 35.5. The molecule has 1 aromatic carbocycles. The lowest BCUT2D eigenvalue weighted by molar-refractivity contribution is -0.122. The van der Waals surface area contributed by atoms with Crippen molar-refractivity contribution in [1.29, 1.82) is 0 Å². The lowest BCUT2D eigenvalue weighted by Gasteiger charge is -2.15. The predicted molar refractivity (Wildman–Crippen MR) is 137 cm³/mol. The molecule has 0 radical (unpaired) electrons. The number of benzene rings is 1. The summed E-state index contributed by atoms with van der Waals surface area (Å²) in [6, 6.07) is 12.6. The number of nitrogens with zero attached hydrogens (tertiary/aromatic N) is 3. The van der Waals surface area contributed by atoms with Gasteiger partial charge in [-0.05, 0) is 36.3 Å². The van der Waals surface area contributed by atoms with Crippen LogP contribution in [0.5, 0.6) is 0 Å². The molecule has 1 aliphatic rings. The molecular weight excluding hydrogens is 480 g/mol. The molecule has 0 saturated carbocycles. The van der Waals surface area contributed by atoms with Gasteiger partial charge in [-0.15, -0.1) is 0 Å². The van der Waals surface area contributed by atoms with Crippen LogP contribution in [0, 0.1) is 0 Å². The maximum Gasteiger partial charge on any atom is 0.267 e. The van der Waals surface area contributed by atoms with Gasteiger partial charge in [0.2, 0.25) is 0 Å². The first-order valence-corrected chi connectivity index (χ1v) is 11.8. The zero-order chi connectivity index (χ0) is 23.4. The lowest BCUT2D eigenvalue weighted by Crippen LogP contribution is -2.27. The summed E-state index contributed by atoms with van der Waals surface area (Å²) < 4.78 is 6.96. The number of nitrogens with one attached hydrogen (secondary N) is 1.